The molecule has 2 aliphatic rings. The molecule has 2 rings (SSSR count). The number of hydrogen-bond donors (Lipinski definition) is 2. The molecular weight excluding hydrogens is 296 g/mol. The van der Waals surface area contributed by atoms with Gasteiger partial charge in [0.25, 0.3) is 0 Å². The first-order valence-corrected chi connectivity index (χ1v) is 8.16. The summed E-state index contributed by atoms with van der Waals surface area (Å²) >= 11 is 1.55. The van der Waals surface area contributed by atoms with Crippen molar-refractivity contribution in [3.8, 4) is 0 Å². The third-order valence-electron chi connectivity index (χ3n) is 4.09. The molecule has 2 fully saturated rings. The summed E-state index contributed by atoms with van der Waals surface area (Å²) in [5.74, 6) is -0.333. The molecule has 0 aromatic heterocycles. The highest BCUT2D eigenvalue weighted by Crippen LogP contribution is 2.27. The van der Waals surface area contributed by atoms with E-state index >= 15 is 0 Å². The maximum Gasteiger partial charge on any atom is 0.335 e. The SMILES string of the molecule is CCC(=O)N1CSCC1C(=O)N1CCC(O)(C(=O)O)CC1. The predicted octanol–water partition coefficient (Wildman–Crippen LogP) is -0.264. The van der Waals surface area contributed by atoms with E-state index < -0.39 is 17.6 Å². The molecule has 8 heteroatoms. The number of carboxylic acid groups (broad SMARTS) is 1. The molecule has 2 heterocycles. The van der Waals surface area contributed by atoms with Gasteiger partial charge in [0.2, 0.25) is 11.8 Å². The van der Waals surface area contributed by atoms with Gasteiger partial charge in [0, 0.05) is 38.1 Å². The number of aliphatic hydroxyl groups is 1. The minimum Gasteiger partial charge on any atom is -0.479 e. The number of piperidine rings is 1. The third-order valence-corrected chi connectivity index (χ3v) is 5.10. The Morgan fingerprint density at radius 2 is 1.90 bits per heavy atom. The molecule has 0 aromatic carbocycles. The van der Waals surface area contributed by atoms with Crippen molar-refractivity contribution in [2.75, 3.05) is 24.7 Å². The first kappa shape index (κ1) is 16.1. The molecule has 2 aliphatic heterocycles. The van der Waals surface area contributed by atoms with Gasteiger partial charge in [-0.25, -0.2) is 4.79 Å². The Morgan fingerprint density at radius 1 is 1.29 bits per heavy atom. The van der Waals surface area contributed by atoms with Crippen LogP contribution in [0.2, 0.25) is 0 Å². The molecule has 0 aromatic rings. The molecular formula is C13H20N2O5S. The van der Waals surface area contributed by atoms with Gasteiger partial charge in [-0.15, -0.1) is 11.8 Å². The summed E-state index contributed by atoms with van der Waals surface area (Å²) in [6.07, 6.45) is 0.411. The summed E-state index contributed by atoms with van der Waals surface area (Å²) in [5.41, 5.74) is -1.74. The molecule has 2 N–H and O–H groups in total. The van der Waals surface area contributed by atoms with Gasteiger partial charge in [-0.2, -0.15) is 0 Å². The van der Waals surface area contributed by atoms with E-state index in [0.717, 1.165) is 0 Å². The fourth-order valence-electron chi connectivity index (χ4n) is 2.62. The fraction of sp³-hybridized carbons (Fsp3) is 0.769. The number of thioether (sulfide) groups is 1. The van der Waals surface area contributed by atoms with Crippen LogP contribution in [-0.4, -0.2) is 74.2 Å². The van der Waals surface area contributed by atoms with Crippen LogP contribution in [0.15, 0.2) is 0 Å². The van der Waals surface area contributed by atoms with Crippen LogP contribution in [0.3, 0.4) is 0 Å². The lowest BCUT2D eigenvalue weighted by Crippen LogP contribution is -2.55. The largest absolute Gasteiger partial charge is 0.479 e. The van der Waals surface area contributed by atoms with Crippen LogP contribution in [0.5, 0.6) is 0 Å². The Kier molecular flexibility index (Phi) is 4.77. The Labute approximate surface area is 127 Å². The number of aliphatic carboxylic acids is 1. The van der Waals surface area contributed by atoms with Gasteiger partial charge >= 0.3 is 5.97 Å². The smallest absolute Gasteiger partial charge is 0.335 e. The van der Waals surface area contributed by atoms with Crippen LogP contribution in [0.25, 0.3) is 0 Å². The first-order chi connectivity index (χ1) is 9.89. The lowest BCUT2D eigenvalue weighted by molar-refractivity contribution is -0.166. The zero-order valence-electron chi connectivity index (χ0n) is 11.9. The zero-order valence-corrected chi connectivity index (χ0v) is 12.8. The zero-order chi connectivity index (χ0) is 15.6. The lowest BCUT2D eigenvalue weighted by Gasteiger charge is -2.37. The van der Waals surface area contributed by atoms with Crippen LogP contribution < -0.4 is 0 Å². The van der Waals surface area contributed by atoms with Gasteiger partial charge in [-0.3, -0.25) is 9.59 Å². The Balaban J connectivity index is 1.99. The molecule has 0 bridgehead atoms. The van der Waals surface area contributed by atoms with Crippen molar-refractivity contribution < 1.29 is 24.6 Å². The van der Waals surface area contributed by atoms with E-state index in [9.17, 15) is 19.5 Å². The summed E-state index contributed by atoms with van der Waals surface area (Å²) in [4.78, 5) is 38.5. The van der Waals surface area contributed by atoms with Crippen molar-refractivity contribution >= 4 is 29.5 Å². The molecule has 0 spiro atoms. The maximum absolute atomic E-state index is 12.5. The van der Waals surface area contributed by atoms with Crippen LogP contribution in [-0.2, 0) is 14.4 Å². The summed E-state index contributed by atoms with van der Waals surface area (Å²) < 4.78 is 0. The van der Waals surface area contributed by atoms with E-state index in [1.165, 1.54) is 0 Å². The first-order valence-electron chi connectivity index (χ1n) is 7.01. The molecule has 0 aliphatic carbocycles. The molecule has 118 valence electrons. The van der Waals surface area contributed by atoms with Crippen molar-refractivity contribution in [3.05, 3.63) is 0 Å². The quantitative estimate of drug-likeness (QED) is 0.744. The topological polar surface area (TPSA) is 98.2 Å². The van der Waals surface area contributed by atoms with E-state index in [1.807, 2.05) is 0 Å². The highest BCUT2D eigenvalue weighted by molar-refractivity contribution is 7.99. The lowest BCUT2D eigenvalue weighted by atomic mass is 9.91. The van der Waals surface area contributed by atoms with Crippen molar-refractivity contribution in [2.45, 2.75) is 37.8 Å². The highest BCUT2D eigenvalue weighted by atomic mass is 32.2. The molecule has 1 atom stereocenters. The van der Waals surface area contributed by atoms with Crippen molar-refractivity contribution in [2.24, 2.45) is 0 Å². The molecule has 2 amide bonds. The van der Waals surface area contributed by atoms with Gasteiger partial charge in [0.1, 0.15) is 6.04 Å². The second-order valence-electron chi connectivity index (χ2n) is 5.39. The van der Waals surface area contributed by atoms with E-state index in [2.05, 4.69) is 0 Å². The number of nitrogens with zero attached hydrogens (tertiary/aromatic N) is 2. The predicted molar refractivity (Wildman–Crippen MR) is 76.6 cm³/mol. The van der Waals surface area contributed by atoms with Crippen LogP contribution in [0.4, 0.5) is 0 Å². The Bertz CT molecular complexity index is 448. The summed E-state index contributed by atoms with van der Waals surface area (Å²) in [6, 6.07) is -0.460. The summed E-state index contributed by atoms with van der Waals surface area (Å²) in [6.45, 7) is 2.18. The standard InChI is InChI=1S/C13H20N2O5S/c1-2-10(16)15-8-21-7-9(15)11(17)14-5-3-13(20,4-6-14)12(18)19/h9,20H,2-8H2,1H3,(H,18,19). The number of carbonyl (C=O) groups excluding carboxylic acids is 2. The van der Waals surface area contributed by atoms with Crippen LogP contribution in [0, 0.1) is 0 Å². The molecule has 7 nitrogen and oxygen atoms in total. The average molecular weight is 316 g/mol. The Hall–Kier alpha value is -1.28. The number of hydrogen-bond acceptors (Lipinski definition) is 5. The molecule has 21 heavy (non-hydrogen) atoms. The average Bonchev–Trinajstić information content (AvgIpc) is 2.95. The summed E-state index contributed by atoms with van der Waals surface area (Å²) in [5, 5.41) is 18.9. The fourth-order valence-corrected chi connectivity index (χ4v) is 3.79. The van der Waals surface area contributed by atoms with Crippen molar-refractivity contribution in [1.29, 1.82) is 0 Å². The van der Waals surface area contributed by atoms with E-state index in [0.29, 0.717) is 18.1 Å². The molecule has 0 saturated carbocycles. The van der Waals surface area contributed by atoms with Gasteiger partial charge in [0.05, 0.1) is 5.88 Å². The highest BCUT2D eigenvalue weighted by Gasteiger charge is 2.43. The number of likely N-dealkylation sites (tertiary alicyclic amines) is 1. The third kappa shape index (κ3) is 3.16. The number of amides is 2. The van der Waals surface area contributed by atoms with E-state index in [-0.39, 0.29) is 37.7 Å². The monoisotopic (exact) mass is 316 g/mol. The summed E-state index contributed by atoms with van der Waals surface area (Å²) in [7, 11) is 0. The number of carbonyl (C=O) groups is 3. The maximum atomic E-state index is 12.5. The molecule has 2 saturated heterocycles. The van der Waals surface area contributed by atoms with Gasteiger partial charge in [0.15, 0.2) is 5.60 Å². The van der Waals surface area contributed by atoms with Gasteiger partial charge in [-0.05, 0) is 0 Å². The van der Waals surface area contributed by atoms with Crippen molar-refractivity contribution in [1.82, 2.24) is 9.80 Å². The van der Waals surface area contributed by atoms with E-state index in [1.54, 1.807) is 28.5 Å². The minimum atomic E-state index is -1.74. The van der Waals surface area contributed by atoms with Crippen molar-refractivity contribution in [3.63, 3.8) is 0 Å². The minimum absolute atomic E-state index is 0.0235. The van der Waals surface area contributed by atoms with Crippen LogP contribution >= 0.6 is 11.8 Å². The molecule has 1 unspecified atom stereocenters. The van der Waals surface area contributed by atoms with Gasteiger partial charge < -0.3 is 20.0 Å². The normalized spacial score (nSPS) is 25.0. The number of rotatable bonds is 3. The number of carboxylic acids is 1. The second-order valence-corrected chi connectivity index (χ2v) is 6.39. The Morgan fingerprint density at radius 3 is 2.43 bits per heavy atom. The molecule has 0 radical (unpaired) electrons. The van der Waals surface area contributed by atoms with E-state index in [4.69, 9.17) is 5.11 Å². The van der Waals surface area contributed by atoms with Crippen LogP contribution in [0.1, 0.15) is 26.2 Å². The second kappa shape index (κ2) is 6.23. The van der Waals surface area contributed by atoms with Gasteiger partial charge in [-0.1, -0.05) is 6.92 Å².